The van der Waals surface area contributed by atoms with E-state index in [2.05, 4.69) is 15.5 Å². The lowest BCUT2D eigenvalue weighted by molar-refractivity contribution is -0.121. The summed E-state index contributed by atoms with van der Waals surface area (Å²) in [6.07, 6.45) is 2.04. The molecule has 0 aliphatic carbocycles. The van der Waals surface area contributed by atoms with Gasteiger partial charge >= 0.3 is 0 Å². The highest BCUT2D eigenvalue weighted by atomic mass is 32.1. The Morgan fingerprint density at radius 3 is 3.06 bits per heavy atom. The van der Waals surface area contributed by atoms with E-state index in [0.29, 0.717) is 6.42 Å². The smallest absolute Gasteiger partial charge is 0.225 e. The van der Waals surface area contributed by atoms with Gasteiger partial charge in [-0.05, 0) is 18.4 Å². The number of amides is 1. The quantitative estimate of drug-likeness (QED) is 0.889. The molecule has 0 spiro atoms. The third kappa shape index (κ3) is 2.91. The lowest BCUT2D eigenvalue weighted by Gasteiger charge is -2.12. The molecule has 0 fully saturated rings. The molecule has 90 valence electrons. The van der Waals surface area contributed by atoms with Crippen LogP contribution < -0.4 is 5.32 Å². The van der Waals surface area contributed by atoms with Gasteiger partial charge in [-0.2, -0.15) is 0 Å². The largest absolute Gasteiger partial charge is 0.346 e. The highest BCUT2D eigenvalue weighted by molar-refractivity contribution is 7.10. The Hall–Kier alpha value is -1.69. The van der Waals surface area contributed by atoms with Gasteiger partial charge in [-0.1, -0.05) is 6.07 Å². The van der Waals surface area contributed by atoms with Crippen molar-refractivity contribution in [3.05, 3.63) is 34.5 Å². The van der Waals surface area contributed by atoms with Crippen molar-refractivity contribution >= 4 is 17.2 Å². The first-order valence-electron chi connectivity index (χ1n) is 5.32. The van der Waals surface area contributed by atoms with E-state index in [-0.39, 0.29) is 11.9 Å². The van der Waals surface area contributed by atoms with Crippen LogP contribution in [0.3, 0.4) is 0 Å². The molecule has 5 nitrogen and oxygen atoms in total. The van der Waals surface area contributed by atoms with Crippen LogP contribution >= 0.6 is 11.3 Å². The SMILES string of the molecule is CC(NC(=O)Cc1cccs1)c1nncn1C. The Labute approximate surface area is 103 Å². The van der Waals surface area contributed by atoms with E-state index in [1.165, 1.54) is 0 Å². The van der Waals surface area contributed by atoms with Gasteiger partial charge in [-0.15, -0.1) is 21.5 Å². The molecule has 0 radical (unpaired) electrons. The van der Waals surface area contributed by atoms with Gasteiger partial charge in [-0.25, -0.2) is 0 Å². The van der Waals surface area contributed by atoms with Gasteiger partial charge < -0.3 is 9.88 Å². The summed E-state index contributed by atoms with van der Waals surface area (Å²) in [6.45, 7) is 1.90. The maximum absolute atomic E-state index is 11.8. The number of carbonyl (C=O) groups excluding carboxylic acids is 1. The fourth-order valence-corrected chi connectivity index (χ4v) is 2.32. The molecule has 2 rings (SSSR count). The van der Waals surface area contributed by atoms with Crippen molar-refractivity contribution in [3.8, 4) is 0 Å². The van der Waals surface area contributed by atoms with Crippen LogP contribution in [0, 0.1) is 0 Å². The van der Waals surface area contributed by atoms with Gasteiger partial charge in [0.1, 0.15) is 6.33 Å². The number of nitrogens with one attached hydrogen (secondary N) is 1. The summed E-state index contributed by atoms with van der Waals surface area (Å²) >= 11 is 1.58. The van der Waals surface area contributed by atoms with E-state index in [0.717, 1.165) is 10.7 Å². The third-order valence-electron chi connectivity index (χ3n) is 2.43. The van der Waals surface area contributed by atoms with Gasteiger partial charge in [0.05, 0.1) is 12.5 Å². The molecule has 1 amide bonds. The maximum Gasteiger partial charge on any atom is 0.225 e. The molecule has 2 aromatic heterocycles. The zero-order valence-corrected chi connectivity index (χ0v) is 10.6. The van der Waals surface area contributed by atoms with Crippen molar-refractivity contribution in [3.63, 3.8) is 0 Å². The summed E-state index contributed by atoms with van der Waals surface area (Å²) in [6, 6.07) is 3.77. The molecule has 0 aromatic carbocycles. The van der Waals surface area contributed by atoms with Crippen LogP contribution in [0.4, 0.5) is 0 Å². The van der Waals surface area contributed by atoms with E-state index < -0.39 is 0 Å². The van der Waals surface area contributed by atoms with Crippen molar-refractivity contribution in [2.24, 2.45) is 7.05 Å². The number of thiophene rings is 1. The van der Waals surface area contributed by atoms with Crippen molar-refractivity contribution in [1.29, 1.82) is 0 Å². The van der Waals surface area contributed by atoms with Gasteiger partial charge in [-0.3, -0.25) is 4.79 Å². The molecule has 0 saturated carbocycles. The van der Waals surface area contributed by atoms with Gasteiger partial charge in [0, 0.05) is 11.9 Å². The zero-order valence-electron chi connectivity index (χ0n) is 9.75. The van der Waals surface area contributed by atoms with Crippen LogP contribution in [0.1, 0.15) is 23.7 Å². The summed E-state index contributed by atoms with van der Waals surface area (Å²) < 4.78 is 1.80. The predicted octanol–water partition coefficient (Wildman–Crippen LogP) is 1.30. The second-order valence-electron chi connectivity index (χ2n) is 3.85. The Balaban J connectivity index is 1.93. The molecule has 17 heavy (non-hydrogen) atoms. The molecule has 0 bridgehead atoms. The Morgan fingerprint density at radius 1 is 1.65 bits per heavy atom. The van der Waals surface area contributed by atoms with Gasteiger partial charge in [0.25, 0.3) is 0 Å². The first-order valence-corrected chi connectivity index (χ1v) is 6.20. The number of aromatic nitrogens is 3. The van der Waals surface area contributed by atoms with Crippen molar-refractivity contribution in [2.45, 2.75) is 19.4 Å². The van der Waals surface area contributed by atoms with E-state index >= 15 is 0 Å². The third-order valence-corrected chi connectivity index (χ3v) is 3.30. The molecular formula is C11H14N4OS. The lowest BCUT2D eigenvalue weighted by atomic mass is 10.2. The Kier molecular flexibility index (Phi) is 3.53. The minimum absolute atomic E-state index is 0.00273. The summed E-state index contributed by atoms with van der Waals surface area (Å²) in [5.74, 6) is 0.757. The number of aryl methyl sites for hydroxylation is 1. The topological polar surface area (TPSA) is 59.8 Å². The minimum Gasteiger partial charge on any atom is -0.346 e. The summed E-state index contributed by atoms with van der Waals surface area (Å²) in [5, 5.41) is 12.6. The van der Waals surface area contributed by atoms with Crippen LogP contribution in [0.5, 0.6) is 0 Å². The van der Waals surface area contributed by atoms with Crippen LogP contribution in [0.15, 0.2) is 23.8 Å². The van der Waals surface area contributed by atoms with Crippen LogP contribution in [0.25, 0.3) is 0 Å². The van der Waals surface area contributed by atoms with Crippen molar-refractivity contribution in [1.82, 2.24) is 20.1 Å². The standard InChI is InChI=1S/C11H14N4OS/c1-8(11-14-12-7-15(11)2)13-10(16)6-9-4-3-5-17-9/h3-5,7-8H,6H2,1-2H3,(H,13,16). The first kappa shape index (κ1) is 11.8. The second-order valence-corrected chi connectivity index (χ2v) is 4.88. The number of hydrogen-bond acceptors (Lipinski definition) is 4. The fourth-order valence-electron chi connectivity index (χ4n) is 1.61. The van der Waals surface area contributed by atoms with Crippen LogP contribution in [0.2, 0.25) is 0 Å². The maximum atomic E-state index is 11.8. The lowest BCUT2D eigenvalue weighted by Crippen LogP contribution is -2.29. The number of rotatable bonds is 4. The molecule has 1 unspecified atom stereocenters. The van der Waals surface area contributed by atoms with E-state index in [4.69, 9.17) is 0 Å². The number of carbonyl (C=O) groups is 1. The zero-order chi connectivity index (χ0) is 12.3. The van der Waals surface area contributed by atoms with Gasteiger partial charge in [0.15, 0.2) is 5.82 Å². The summed E-state index contributed by atoms with van der Waals surface area (Å²) in [7, 11) is 1.86. The number of hydrogen-bond donors (Lipinski definition) is 1. The molecule has 0 saturated heterocycles. The van der Waals surface area contributed by atoms with E-state index in [1.807, 2.05) is 31.5 Å². The second kappa shape index (κ2) is 5.09. The average molecular weight is 250 g/mol. The molecule has 1 atom stereocenters. The Bertz CT molecular complexity index is 491. The molecule has 0 aliphatic rings. The number of nitrogens with zero attached hydrogens (tertiary/aromatic N) is 3. The highest BCUT2D eigenvalue weighted by Crippen LogP contribution is 2.11. The van der Waals surface area contributed by atoms with Crippen molar-refractivity contribution in [2.75, 3.05) is 0 Å². The fraction of sp³-hybridized carbons (Fsp3) is 0.364. The van der Waals surface area contributed by atoms with E-state index in [9.17, 15) is 4.79 Å². The normalized spacial score (nSPS) is 12.4. The molecular weight excluding hydrogens is 236 g/mol. The monoisotopic (exact) mass is 250 g/mol. The van der Waals surface area contributed by atoms with Crippen molar-refractivity contribution < 1.29 is 4.79 Å². The first-order chi connectivity index (χ1) is 8.16. The Morgan fingerprint density at radius 2 is 2.47 bits per heavy atom. The van der Waals surface area contributed by atoms with Crippen LogP contribution in [-0.2, 0) is 18.3 Å². The molecule has 0 aliphatic heterocycles. The molecule has 2 heterocycles. The van der Waals surface area contributed by atoms with Crippen LogP contribution in [-0.4, -0.2) is 20.7 Å². The summed E-state index contributed by atoms with van der Waals surface area (Å²) in [4.78, 5) is 12.8. The minimum atomic E-state index is -0.130. The van der Waals surface area contributed by atoms with E-state index in [1.54, 1.807) is 22.2 Å². The predicted molar refractivity (Wildman–Crippen MR) is 65.6 cm³/mol. The average Bonchev–Trinajstić information content (AvgIpc) is 2.88. The highest BCUT2D eigenvalue weighted by Gasteiger charge is 2.14. The van der Waals surface area contributed by atoms with Gasteiger partial charge in [0.2, 0.25) is 5.91 Å². The summed E-state index contributed by atoms with van der Waals surface area (Å²) in [5.41, 5.74) is 0. The molecule has 1 N–H and O–H groups in total. The molecule has 6 heteroatoms. The molecule has 2 aromatic rings.